The molecule has 0 radical (unpaired) electrons. The molecule has 1 amide bonds. The van der Waals surface area contributed by atoms with E-state index in [0.29, 0.717) is 34.1 Å². The summed E-state index contributed by atoms with van der Waals surface area (Å²) in [5, 5.41) is 13.4. The van der Waals surface area contributed by atoms with Crippen LogP contribution in [0.2, 0.25) is 0 Å². The van der Waals surface area contributed by atoms with E-state index in [0.717, 1.165) is 5.56 Å². The van der Waals surface area contributed by atoms with Crippen LogP contribution in [0, 0.1) is 29.1 Å². The van der Waals surface area contributed by atoms with E-state index < -0.39 is 24.0 Å². The summed E-state index contributed by atoms with van der Waals surface area (Å²) in [5.74, 6) is 5.70. The van der Waals surface area contributed by atoms with Crippen LogP contribution in [-0.4, -0.2) is 41.8 Å². The number of nitrogens with one attached hydrogen (secondary N) is 1. The number of hydrogen-bond donors (Lipinski definition) is 1. The molecular formula is C25H21FN4O3. The molecule has 1 saturated heterocycles. The molecule has 33 heavy (non-hydrogen) atoms. The van der Waals surface area contributed by atoms with Crippen LogP contribution in [0.3, 0.4) is 0 Å². The standard InChI is InChI=1S/C25H21FN4O3/c1-3-18-21(30-24(31)23(18)26)14-33-25-20-10-22(32-2)17(11-27)9-19(20)16(13-29-25)7-6-15-5-4-8-28-12-15/h4-5,8-10,12-13,18,21,23H,3,14H2,1-2H3,(H,30,31)/t18-,21+,23-/m0/s1. The smallest absolute Gasteiger partial charge is 0.255 e. The number of hydrogen-bond acceptors (Lipinski definition) is 6. The zero-order valence-electron chi connectivity index (χ0n) is 18.1. The van der Waals surface area contributed by atoms with Gasteiger partial charge in [0.25, 0.3) is 5.91 Å². The summed E-state index contributed by atoms with van der Waals surface area (Å²) >= 11 is 0. The Balaban J connectivity index is 1.73. The number of alkyl halides is 1. The molecule has 0 saturated carbocycles. The van der Waals surface area contributed by atoms with Crippen molar-refractivity contribution in [2.45, 2.75) is 25.6 Å². The van der Waals surface area contributed by atoms with Crippen LogP contribution >= 0.6 is 0 Å². The first-order valence-corrected chi connectivity index (χ1v) is 10.5. The second-order valence-corrected chi connectivity index (χ2v) is 7.58. The van der Waals surface area contributed by atoms with E-state index in [1.54, 1.807) is 36.8 Å². The molecule has 1 aromatic carbocycles. The normalized spacial score (nSPS) is 19.3. The van der Waals surface area contributed by atoms with Crippen LogP contribution in [0.1, 0.15) is 30.0 Å². The van der Waals surface area contributed by atoms with Gasteiger partial charge >= 0.3 is 0 Å². The van der Waals surface area contributed by atoms with E-state index in [1.807, 2.05) is 13.0 Å². The first kappa shape index (κ1) is 22.0. The van der Waals surface area contributed by atoms with E-state index in [9.17, 15) is 14.4 Å². The highest BCUT2D eigenvalue weighted by atomic mass is 19.1. The number of amides is 1. The average molecular weight is 444 g/mol. The van der Waals surface area contributed by atoms with Crippen LogP contribution in [0.4, 0.5) is 4.39 Å². The van der Waals surface area contributed by atoms with Crippen LogP contribution in [0.5, 0.6) is 11.6 Å². The lowest BCUT2D eigenvalue weighted by molar-refractivity contribution is -0.123. The van der Waals surface area contributed by atoms with Gasteiger partial charge < -0.3 is 14.8 Å². The van der Waals surface area contributed by atoms with Gasteiger partial charge in [-0.25, -0.2) is 9.37 Å². The number of nitriles is 1. The monoisotopic (exact) mass is 444 g/mol. The number of fused-ring (bicyclic) bond motifs is 1. The molecule has 2 aromatic heterocycles. The Hall–Kier alpha value is -4.17. The van der Waals surface area contributed by atoms with Gasteiger partial charge in [0, 0.05) is 40.8 Å². The van der Waals surface area contributed by atoms with E-state index in [4.69, 9.17) is 9.47 Å². The molecule has 3 atom stereocenters. The van der Waals surface area contributed by atoms with Gasteiger partial charge in [0.05, 0.1) is 24.3 Å². The summed E-state index contributed by atoms with van der Waals surface area (Å²) in [5.41, 5.74) is 1.69. The van der Waals surface area contributed by atoms with Crippen molar-refractivity contribution in [3.63, 3.8) is 0 Å². The van der Waals surface area contributed by atoms with Crippen molar-refractivity contribution in [2.75, 3.05) is 13.7 Å². The zero-order valence-corrected chi connectivity index (χ0v) is 18.1. The molecule has 0 aliphatic carbocycles. The number of ether oxygens (including phenoxy) is 2. The lowest BCUT2D eigenvalue weighted by Crippen LogP contribution is -2.34. The molecular weight excluding hydrogens is 423 g/mol. The molecule has 1 aliphatic heterocycles. The van der Waals surface area contributed by atoms with Gasteiger partial charge in [-0.05, 0) is 30.7 Å². The number of methoxy groups -OCH3 is 1. The van der Waals surface area contributed by atoms with Crippen molar-refractivity contribution < 1.29 is 18.7 Å². The summed E-state index contributed by atoms with van der Waals surface area (Å²) in [6.45, 7) is 1.90. The minimum atomic E-state index is -1.54. The van der Waals surface area contributed by atoms with Crippen LogP contribution < -0.4 is 14.8 Å². The fourth-order valence-electron chi connectivity index (χ4n) is 3.88. The summed E-state index contributed by atoms with van der Waals surface area (Å²) in [6, 6.07) is 8.66. The van der Waals surface area contributed by atoms with Crippen molar-refractivity contribution in [2.24, 2.45) is 5.92 Å². The zero-order chi connectivity index (χ0) is 23.4. The van der Waals surface area contributed by atoms with Gasteiger partial charge in [-0.15, -0.1) is 0 Å². The van der Waals surface area contributed by atoms with Gasteiger partial charge in [0.2, 0.25) is 5.88 Å². The highest BCUT2D eigenvalue weighted by Gasteiger charge is 2.41. The third kappa shape index (κ3) is 4.42. The highest BCUT2D eigenvalue weighted by molar-refractivity contribution is 5.94. The lowest BCUT2D eigenvalue weighted by atomic mass is 9.97. The maximum atomic E-state index is 14.1. The van der Waals surface area contributed by atoms with Gasteiger partial charge in [-0.2, -0.15) is 5.26 Å². The molecule has 1 fully saturated rings. The first-order chi connectivity index (χ1) is 16.0. The molecule has 0 spiro atoms. The number of halogens is 1. The second kappa shape index (κ2) is 9.54. The van der Waals surface area contributed by atoms with Crippen LogP contribution in [0.15, 0.2) is 42.9 Å². The van der Waals surface area contributed by atoms with Crippen LogP contribution in [-0.2, 0) is 4.79 Å². The van der Waals surface area contributed by atoms with Gasteiger partial charge in [-0.1, -0.05) is 18.8 Å². The molecule has 1 N–H and O–H groups in total. The maximum Gasteiger partial charge on any atom is 0.255 e. The molecule has 166 valence electrons. The van der Waals surface area contributed by atoms with Gasteiger partial charge in [0.1, 0.15) is 18.4 Å². The molecule has 7 nitrogen and oxygen atoms in total. The predicted octanol–water partition coefficient (Wildman–Crippen LogP) is 3.15. The predicted molar refractivity (Wildman–Crippen MR) is 119 cm³/mol. The highest BCUT2D eigenvalue weighted by Crippen LogP contribution is 2.33. The van der Waals surface area contributed by atoms with Crippen LogP contribution in [0.25, 0.3) is 10.8 Å². The van der Waals surface area contributed by atoms with Crippen molar-refractivity contribution >= 4 is 16.7 Å². The number of carbonyl (C=O) groups excluding carboxylic acids is 1. The third-order valence-corrected chi connectivity index (χ3v) is 5.64. The molecule has 4 rings (SSSR count). The molecule has 1 aliphatic rings. The number of nitrogens with zero attached hydrogens (tertiary/aromatic N) is 3. The number of carbonyl (C=O) groups is 1. The molecule has 3 aromatic rings. The number of pyridine rings is 2. The third-order valence-electron chi connectivity index (χ3n) is 5.64. The number of aromatic nitrogens is 2. The SMILES string of the molecule is CC[C@@H]1[C@H](F)C(=O)N[C@@H]1COc1ncc(C#Cc2cccnc2)c2cc(C#N)c(OC)cc12. The fourth-order valence-corrected chi connectivity index (χ4v) is 3.88. The van der Waals surface area contributed by atoms with Crippen molar-refractivity contribution in [3.05, 3.63) is 59.5 Å². The van der Waals surface area contributed by atoms with E-state index in [2.05, 4.69) is 33.2 Å². The summed E-state index contributed by atoms with van der Waals surface area (Å²) < 4.78 is 25.4. The Labute approximate surface area is 190 Å². The quantitative estimate of drug-likeness (QED) is 0.608. The van der Waals surface area contributed by atoms with Crippen molar-refractivity contribution in [1.82, 2.24) is 15.3 Å². The molecule has 0 unspecified atom stereocenters. The first-order valence-electron chi connectivity index (χ1n) is 10.5. The fraction of sp³-hybridized carbons (Fsp3) is 0.280. The average Bonchev–Trinajstić information content (AvgIpc) is 3.13. The molecule has 3 heterocycles. The maximum absolute atomic E-state index is 14.1. The van der Waals surface area contributed by atoms with Crippen molar-refractivity contribution in [3.8, 4) is 29.5 Å². The Morgan fingerprint density at radius 2 is 2.06 bits per heavy atom. The van der Waals surface area contributed by atoms with E-state index >= 15 is 0 Å². The Bertz CT molecular complexity index is 1290. The number of benzene rings is 1. The van der Waals surface area contributed by atoms with E-state index in [-0.39, 0.29) is 12.5 Å². The minimum absolute atomic E-state index is 0.0653. The largest absolute Gasteiger partial charge is 0.495 e. The van der Waals surface area contributed by atoms with E-state index in [1.165, 1.54) is 7.11 Å². The second-order valence-electron chi connectivity index (χ2n) is 7.58. The summed E-state index contributed by atoms with van der Waals surface area (Å²) in [6.07, 6.45) is 3.85. The Kier molecular flexibility index (Phi) is 6.37. The van der Waals surface area contributed by atoms with Gasteiger partial charge in [-0.3, -0.25) is 9.78 Å². The topological polar surface area (TPSA) is 97.1 Å². The summed E-state index contributed by atoms with van der Waals surface area (Å²) in [7, 11) is 1.48. The van der Waals surface area contributed by atoms with Gasteiger partial charge in [0.15, 0.2) is 6.17 Å². The Morgan fingerprint density at radius 3 is 2.76 bits per heavy atom. The lowest BCUT2D eigenvalue weighted by Gasteiger charge is -2.19. The Morgan fingerprint density at radius 1 is 1.21 bits per heavy atom. The molecule has 0 bridgehead atoms. The number of rotatable bonds is 5. The minimum Gasteiger partial charge on any atom is -0.495 e. The summed E-state index contributed by atoms with van der Waals surface area (Å²) in [4.78, 5) is 20.2. The molecule has 8 heteroatoms. The van der Waals surface area contributed by atoms with Crippen molar-refractivity contribution in [1.29, 1.82) is 5.26 Å².